The Bertz CT molecular complexity index is 833. The lowest BCUT2D eigenvalue weighted by molar-refractivity contribution is 0.0272. The summed E-state index contributed by atoms with van der Waals surface area (Å²) in [5.41, 5.74) is 2.28. The molecule has 1 aliphatic carbocycles. The summed E-state index contributed by atoms with van der Waals surface area (Å²) in [5, 5.41) is 7.36. The maximum Gasteiger partial charge on any atom is 0.136 e. The Balaban J connectivity index is 1.30. The summed E-state index contributed by atoms with van der Waals surface area (Å²) in [6.07, 6.45) is 6.57. The number of ether oxygens (including phenoxy) is 2. The molecule has 2 aromatic rings. The van der Waals surface area contributed by atoms with Crippen LogP contribution in [0.3, 0.4) is 0 Å². The Morgan fingerprint density at radius 3 is 2.88 bits per heavy atom. The van der Waals surface area contributed by atoms with Gasteiger partial charge in [0.25, 0.3) is 0 Å². The van der Waals surface area contributed by atoms with Crippen LogP contribution < -0.4 is 10.6 Å². The average molecular weight is 354 g/mol. The quantitative estimate of drug-likeness (QED) is 0.814. The molecule has 0 amide bonds. The predicted molar refractivity (Wildman–Crippen MR) is 96.8 cm³/mol. The van der Waals surface area contributed by atoms with E-state index in [-0.39, 0.29) is 11.8 Å². The summed E-state index contributed by atoms with van der Waals surface area (Å²) in [6, 6.07) is 4.25. The molecule has 0 spiro atoms. The Labute approximate surface area is 153 Å². The Hall–Kier alpha value is -1.47. The highest BCUT2D eigenvalue weighted by Crippen LogP contribution is 2.56. The standard InChI is InChI=1S/C20H26N4O2/c1-12-3-2-6-24-15(12)11-22-19(24)20(4-7-25-8-5-20)23-18-17(26-18)16-13-9-21-10-14(13)16/h2-3,6,11,13-14,16-18,21,23H,4-5,7-10H2,1H3/t13-,14+,16?,17?,18?. The number of hydrogen-bond donors (Lipinski definition) is 2. The van der Waals surface area contributed by atoms with Gasteiger partial charge in [0, 0.05) is 19.4 Å². The Morgan fingerprint density at radius 1 is 1.27 bits per heavy atom. The molecule has 3 aliphatic heterocycles. The van der Waals surface area contributed by atoms with Crippen LogP contribution in [0.2, 0.25) is 0 Å². The largest absolute Gasteiger partial charge is 0.381 e. The van der Waals surface area contributed by atoms with E-state index in [4.69, 9.17) is 14.5 Å². The van der Waals surface area contributed by atoms with Crippen LogP contribution in [0, 0.1) is 24.7 Å². The average Bonchev–Trinajstić information content (AvgIpc) is 3.40. The molecule has 2 N–H and O–H groups in total. The van der Waals surface area contributed by atoms with Gasteiger partial charge in [0.2, 0.25) is 0 Å². The molecule has 4 aliphatic rings. The monoisotopic (exact) mass is 354 g/mol. The van der Waals surface area contributed by atoms with Crippen LogP contribution in [0.1, 0.15) is 24.2 Å². The molecule has 5 heterocycles. The lowest BCUT2D eigenvalue weighted by Gasteiger charge is -2.36. The van der Waals surface area contributed by atoms with Crippen LogP contribution in [-0.2, 0) is 15.0 Å². The highest BCUT2D eigenvalue weighted by Gasteiger charge is 2.64. The van der Waals surface area contributed by atoms with Gasteiger partial charge in [-0.05, 0) is 62.2 Å². The van der Waals surface area contributed by atoms with E-state index >= 15 is 0 Å². The van der Waals surface area contributed by atoms with E-state index in [1.807, 2.05) is 6.20 Å². The molecule has 5 atom stereocenters. The Kier molecular flexibility index (Phi) is 3.30. The van der Waals surface area contributed by atoms with Crippen LogP contribution in [0.5, 0.6) is 0 Å². The van der Waals surface area contributed by atoms with Crippen LogP contribution in [0.15, 0.2) is 24.5 Å². The van der Waals surface area contributed by atoms with Crippen LogP contribution in [-0.4, -0.2) is 48.0 Å². The number of aromatic nitrogens is 2. The number of hydrogen-bond acceptors (Lipinski definition) is 5. The van der Waals surface area contributed by atoms with Crippen LogP contribution >= 0.6 is 0 Å². The minimum atomic E-state index is -0.167. The van der Waals surface area contributed by atoms with E-state index < -0.39 is 0 Å². The number of epoxide rings is 1. The SMILES string of the molecule is Cc1cccn2c(C3(NC4OC4C4[C@H]5CNC[C@@H]45)CCOCC3)ncc12. The molecule has 26 heavy (non-hydrogen) atoms. The van der Waals surface area contributed by atoms with E-state index in [0.29, 0.717) is 6.10 Å². The van der Waals surface area contributed by atoms with E-state index in [1.54, 1.807) is 0 Å². The number of aryl methyl sites for hydroxylation is 1. The third-order valence-electron chi connectivity index (χ3n) is 7.04. The number of rotatable bonds is 4. The zero-order chi connectivity index (χ0) is 17.3. The first kappa shape index (κ1) is 15.6. The van der Waals surface area contributed by atoms with Gasteiger partial charge in [0.05, 0.1) is 17.3 Å². The second-order valence-electron chi connectivity index (χ2n) is 8.45. The van der Waals surface area contributed by atoms with Gasteiger partial charge >= 0.3 is 0 Å². The molecule has 1 saturated carbocycles. The lowest BCUT2D eigenvalue weighted by Crippen LogP contribution is -2.50. The molecule has 3 unspecified atom stereocenters. The number of nitrogens with one attached hydrogen (secondary N) is 2. The van der Waals surface area contributed by atoms with Crippen molar-refractivity contribution in [1.82, 2.24) is 20.0 Å². The number of fused-ring (bicyclic) bond motifs is 2. The van der Waals surface area contributed by atoms with E-state index in [0.717, 1.165) is 49.6 Å². The minimum Gasteiger partial charge on any atom is -0.381 e. The molecule has 6 nitrogen and oxygen atoms in total. The van der Waals surface area contributed by atoms with Gasteiger partial charge in [-0.3, -0.25) is 5.32 Å². The zero-order valence-corrected chi connectivity index (χ0v) is 15.1. The first-order valence-electron chi connectivity index (χ1n) is 9.92. The molecule has 3 saturated heterocycles. The summed E-state index contributed by atoms with van der Waals surface area (Å²) in [4.78, 5) is 4.85. The maximum atomic E-state index is 6.12. The molecule has 0 aromatic carbocycles. The maximum absolute atomic E-state index is 6.12. The fourth-order valence-corrected chi connectivity index (χ4v) is 5.43. The summed E-state index contributed by atoms with van der Waals surface area (Å²) < 4.78 is 14.1. The fraction of sp³-hybridized carbons (Fsp3) is 0.650. The highest BCUT2D eigenvalue weighted by molar-refractivity contribution is 5.54. The molecule has 6 rings (SSSR count). The molecule has 0 bridgehead atoms. The second kappa shape index (κ2) is 5.52. The van der Waals surface area contributed by atoms with Gasteiger partial charge in [-0.2, -0.15) is 0 Å². The van der Waals surface area contributed by atoms with Crippen LogP contribution in [0.25, 0.3) is 5.52 Å². The Morgan fingerprint density at radius 2 is 2.08 bits per heavy atom. The fourth-order valence-electron chi connectivity index (χ4n) is 5.43. The molecular weight excluding hydrogens is 328 g/mol. The minimum absolute atomic E-state index is 0.167. The second-order valence-corrected chi connectivity index (χ2v) is 8.45. The van der Waals surface area contributed by atoms with E-state index in [9.17, 15) is 0 Å². The first-order valence-corrected chi connectivity index (χ1v) is 9.92. The summed E-state index contributed by atoms with van der Waals surface area (Å²) >= 11 is 0. The number of imidazole rings is 1. The summed E-state index contributed by atoms with van der Waals surface area (Å²) in [7, 11) is 0. The third kappa shape index (κ3) is 2.22. The third-order valence-corrected chi connectivity index (χ3v) is 7.04. The molecule has 0 radical (unpaired) electrons. The highest BCUT2D eigenvalue weighted by atomic mass is 16.6. The molecule has 138 valence electrons. The van der Waals surface area contributed by atoms with Gasteiger partial charge < -0.3 is 19.2 Å². The topological polar surface area (TPSA) is 63.1 Å². The van der Waals surface area contributed by atoms with Crippen molar-refractivity contribution < 1.29 is 9.47 Å². The van der Waals surface area contributed by atoms with E-state index in [2.05, 4.69) is 40.3 Å². The van der Waals surface area contributed by atoms with Gasteiger partial charge in [0.15, 0.2) is 0 Å². The number of pyridine rings is 1. The van der Waals surface area contributed by atoms with Gasteiger partial charge in [-0.1, -0.05) is 6.07 Å². The van der Waals surface area contributed by atoms with Crippen LogP contribution in [0.4, 0.5) is 0 Å². The van der Waals surface area contributed by atoms with Crippen molar-refractivity contribution in [2.24, 2.45) is 17.8 Å². The molecule has 2 aromatic heterocycles. The van der Waals surface area contributed by atoms with Gasteiger partial charge in [-0.25, -0.2) is 4.98 Å². The van der Waals surface area contributed by atoms with Crippen molar-refractivity contribution in [3.63, 3.8) is 0 Å². The molecular formula is C20H26N4O2. The van der Waals surface area contributed by atoms with E-state index in [1.165, 1.54) is 24.2 Å². The van der Waals surface area contributed by atoms with Gasteiger partial charge in [0.1, 0.15) is 18.2 Å². The molecule has 6 heteroatoms. The smallest absolute Gasteiger partial charge is 0.136 e. The van der Waals surface area contributed by atoms with Gasteiger partial charge in [-0.15, -0.1) is 0 Å². The number of piperidine rings is 1. The normalized spacial score (nSPS) is 37.7. The lowest BCUT2D eigenvalue weighted by atomic mass is 9.88. The first-order chi connectivity index (χ1) is 12.8. The number of nitrogens with zero attached hydrogens (tertiary/aromatic N) is 2. The van der Waals surface area contributed by atoms with Crippen molar-refractivity contribution in [1.29, 1.82) is 0 Å². The summed E-state index contributed by atoms with van der Waals surface area (Å²) in [6.45, 7) is 6.02. The zero-order valence-electron chi connectivity index (χ0n) is 15.1. The predicted octanol–water partition coefficient (Wildman–Crippen LogP) is 1.43. The molecule has 4 fully saturated rings. The summed E-state index contributed by atoms with van der Waals surface area (Å²) in [5.74, 6) is 3.54. The van der Waals surface area contributed by atoms with Crippen molar-refractivity contribution in [2.75, 3.05) is 26.3 Å². The van der Waals surface area contributed by atoms with Crippen molar-refractivity contribution in [3.05, 3.63) is 35.9 Å². The van der Waals surface area contributed by atoms with Crippen molar-refractivity contribution in [3.8, 4) is 0 Å². The van der Waals surface area contributed by atoms with Crippen molar-refractivity contribution >= 4 is 5.52 Å². The van der Waals surface area contributed by atoms with Crippen molar-refractivity contribution in [2.45, 2.75) is 37.6 Å².